The molecule has 1 rings (SSSR count). The van der Waals surface area contributed by atoms with Gasteiger partial charge in [0.25, 0.3) is 15.2 Å². The Labute approximate surface area is 67.9 Å². The number of sulfonamides is 1. The van der Waals surface area contributed by atoms with Gasteiger partial charge in [-0.05, 0) is 0 Å². The molecule has 0 fully saturated rings. The second kappa shape index (κ2) is 3.22. The summed E-state index contributed by atoms with van der Waals surface area (Å²) in [5, 5.41) is -0.482. The van der Waals surface area contributed by atoms with Crippen molar-refractivity contribution < 1.29 is 13.2 Å². The largest absolute Gasteiger partial charge is 0.299 e. The van der Waals surface area contributed by atoms with E-state index in [0.29, 0.717) is 0 Å². The number of rotatable bonds is 3. The van der Waals surface area contributed by atoms with Crippen molar-refractivity contribution in [1.82, 2.24) is 19.7 Å². The molecule has 0 aliphatic carbocycles. The molecule has 1 N–H and O–H groups in total. The van der Waals surface area contributed by atoms with Crippen LogP contribution in [0.15, 0.2) is 17.8 Å². The number of aromatic nitrogens is 3. The molecule has 8 heteroatoms. The average Bonchev–Trinajstić information content (AvgIpc) is 2.06. The molecule has 1 aromatic heterocycles. The minimum absolute atomic E-state index is 0.0408. The summed E-state index contributed by atoms with van der Waals surface area (Å²) in [6, 6.07) is 0. The summed E-state index contributed by atoms with van der Waals surface area (Å²) >= 11 is 0. The van der Waals surface area contributed by atoms with Gasteiger partial charge in [0.2, 0.25) is 6.41 Å². The number of carbonyl (C=O) groups is 1. The average molecular weight is 188 g/mol. The van der Waals surface area contributed by atoms with E-state index >= 15 is 0 Å². The Morgan fingerprint density at radius 3 is 2.42 bits per heavy atom. The first-order valence-corrected chi connectivity index (χ1v) is 4.23. The van der Waals surface area contributed by atoms with E-state index in [-0.39, 0.29) is 6.41 Å². The highest BCUT2D eigenvalue weighted by Crippen LogP contribution is 1.94. The molecule has 1 aromatic rings. The van der Waals surface area contributed by atoms with Crippen LogP contribution in [0, 0.1) is 0 Å². The van der Waals surface area contributed by atoms with Gasteiger partial charge in [-0.25, -0.2) is 19.7 Å². The summed E-state index contributed by atoms with van der Waals surface area (Å²) in [6.45, 7) is 0. The van der Waals surface area contributed by atoms with Crippen molar-refractivity contribution in [3.63, 3.8) is 0 Å². The topological polar surface area (TPSA) is 102 Å². The zero-order valence-corrected chi connectivity index (χ0v) is 6.52. The van der Waals surface area contributed by atoms with E-state index in [1.54, 1.807) is 4.72 Å². The molecular weight excluding hydrogens is 184 g/mol. The van der Waals surface area contributed by atoms with Crippen LogP contribution in [-0.4, -0.2) is 29.8 Å². The summed E-state index contributed by atoms with van der Waals surface area (Å²) in [5.74, 6) is 0. The van der Waals surface area contributed by atoms with Crippen LogP contribution in [-0.2, 0) is 14.8 Å². The first-order chi connectivity index (χ1) is 5.67. The van der Waals surface area contributed by atoms with Crippen molar-refractivity contribution in [1.29, 1.82) is 0 Å². The van der Waals surface area contributed by atoms with Crippen LogP contribution >= 0.6 is 0 Å². The van der Waals surface area contributed by atoms with Gasteiger partial charge in [-0.1, -0.05) is 0 Å². The van der Waals surface area contributed by atoms with Crippen LogP contribution in [0.2, 0.25) is 0 Å². The van der Waals surface area contributed by atoms with Crippen LogP contribution in [0.4, 0.5) is 0 Å². The van der Waals surface area contributed by atoms with E-state index < -0.39 is 15.2 Å². The number of hydrogen-bond donors (Lipinski definition) is 1. The Kier molecular flexibility index (Phi) is 2.29. The number of amides is 1. The Bertz CT molecular complexity index is 361. The molecule has 0 aliphatic heterocycles. The van der Waals surface area contributed by atoms with E-state index in [1.165, 1.54) is 0 Å². The quantitative estimate of drug-likeness (QED) is 0.567. The fourth-order valence-corrected chi connectivity index (χ4v) is 1.09. The van der Waals surface area contributed by atoms with E-state index in [4.69, 9.17) is 0 Å². The number of nitrogens with zero attached hydrogens (tertiary/aromatic N) is 3. The van der Waals surface area contributed by atoms with Crippen LogP contribution < -0.4 is 4.72 Å². The third-order valence-corrected chi connectivity index (χ3v) is 2.01. The third-order valence-electron chi connectivity index (χ3n) is 0.913. The van der Waals surface area contributed by atoms with Gasteiger partial charge in [-0.15, -0.1) is 0 Å². The van der Waals surface area contributed by atoms with Crippen LogP contribution in [0.1, 0.15) is 0 Å². The molecule has 0 atom stereocenters. The van der Waals surface area contributed by atoms with Crippen molar-refractivity contribution in [2.75, 3.05) is 0 Å². The molecule has 0 aromatic carbocycles. The van der Waals surface area contributed by atoms with E-state index in [9.17, 15) is 13.2 Å². The molecule has 0 aliphatic rings. The summed E-state index contributed by atoms with van der Waals surface area (Å²) < 4.78 is 23.5. The highest BCUT2D eigenvalue weighted by molar-refractivity contribution is 7.89. The fourth-order valence-electron chi connectivity index (χ4n) is 0.483. The molecule has 0 saturated carbocycles. The maximum atomic E-state index is 10.9. The van der Waals surface area contributed by atoms with Gasteiger partial charge in [0.05, 0.1) is 0 Å². The van der Waals surface area contributed by atoms with Gasteiger partial charge < -0.3 is 0 Å². The molecule has 0 unspecified atom stereocenters. The van der Waals surface area contributed by atoms with Crippen molar-refractivity contribution >= 4 is 16.4 Å². The zero-order chi connectivity index (χ0) is 9.03. The highest BCUT2D eigenvalue weighted by atomic mass is 32.2. The molecule has 0 bridgehead atoms. The van der Waals surface area contributed by atoms with Crippen molar-refractivity contribution in [2.45, 2.75) is 5.16 Å². The Hall–Kier alpha value is -1.57. The van der Waals surface area contributed by atoms with Crippen LogP contribution in [0.25, 0.3) is 0 Å². The SMILES string of the molecule is O=CNS(=O)(=O)c1ncncn1. The minimum Gasteiger partial charge on any atom is -0.278 e. The molecule has 0 radical (unpaired) electrons. The Balaban J connectivity index is 3.07. The lowest BCUT2D eigenvalue weighted by Gasteiger charge is -1.96. The van der Waals surface area contributed by atoms with Gasteiger partial charge in [0, 0.05) is 0 Å². The molecule has 12 heavy (non-hydrogen) atoms. The lowest BCUT2D eigenvalue weighted by atomic mass is 11.1. The maximum Gasteiger partial charge on any atom is 0.299 e. The molecule has 64 valence electrons. The lowest BCUT2D eigenvalue weighted by molar-refractivity contribution is -0.108. The number of hydrogen-bond acceptors (Lipinski definition) is 6. The summed E-state index contributed by atoms with van der Waals surface area (Å²) in [4.78, 5) is 19.9. The van der Waals surface area contributed by atoms with E-state index in [1.807, 2.05) is 0 Å². The molecule has 1 heterocycles. The summed E-state index contributed by atoms with van der Waals surface area (Å²) in [5.41, 5.74) is 0. The Morgan fingerprint density at radius 2 is 1.92 bits per heavy atom. The van der Waals surface area contributed by atoms with E-state index in [0.717, 1.165) is 12.7 Å². The van der Waals surface area contributed by atoms with Gasteiger partial charge in [0.15, 0.2) is 0 Å². The van der Waals surface area contributed by atoms with E-state index in [2.05, 4.69) is 15.0 Å². The first-order valence-electron chi connectivity index (χ1n) is 2.75. The molecule has 7 nitrogen and oxygen atoms in total. The zero-order valence-electron chi connectivity index (χ0n) is 5.71. The molecule has 0 spiro atoms. The van der Waals surface area contributed by atoms with Crippen LogP contribution in [0.3, 0.4) is 0 Å². The summed E-state index contributed by atoms with van der Waals surface area (Å²) in [6.07, 6.45) is 2.08. The van der Waals surface area contributed by atoms with Crippen molar-refractivity contribution in [3.8, 4) is 0 Å². The fraction of sp³-hybridized carbons (Fsp3) is 0. The van der Waals surface area contributed by atoms with Gasteiger partial charge in [-0.2, -0.15) is 8.42 Å². The summed E-state index contributed by atoms with van der Waals surface area (Å²) in [7, 11) is -3.89. The van der Waals surface area contributed by atoms with Crippen molar-refractivity contribution in [3.05, 3.63) is 12.7 Å². The molecule has 1 amide bonds. The predicted octanol–water partition coefficient (Wildman–Crippen LogP) is -1.69. The number of nitrogens with one attached hydrogen (secondary N) is 1. The highest BCUT2D eigenvalue weighted by Gasteiger charge is 2.15. The third kappa shape index (κ3) is 1.72. The van der Waals surface area contributed by atoms with Gasteiger partial charge in [-0.3, -0.25) is 4.79 Å². The van der Waals surface area contributed by atoms with Crippen molar-refractivity contribution in [2.24, 2.45) is 0 Å². The smallest absolute Gasteiger partial charge is 0.278 e. The predicted molar refractivity (Wildman–Crippen MR) is 36.2 cm³/mol. The standard InChI is InChI=1S/C4H4N4O3S/c9-3-8-12(10,11)4-6-1-5-2-7-4/h1-3H,(H,8,9). The number of carbonyl (C=O) groups excluding carboxylic acids is 1. The lowest BCUT2D eigenvalue weighted by Crippen LogP contribution is -2.23. The monoisotopic (exact) mass is 188 g/mol. The second-order valence-electron chi connectivity index (χ2n) is 1.66. The maximum absolute atomic E-state index is 10.9. The van der Waals surface area contributed by atoms with Crippen LogP contribution in [0.5, 0.6) is 0 Å². The van der Waals surface area contributed by atoms with Gasteiger partial charge in [0.1, 0.15) is 12.7 Å². The Morgan fingerprint density at radius 1 is 1.33 bits per heavy atom. The molecular formula is C4H4N4O3S. The second-order valence-corrected chi connectivity index (χ2v) is 3.27. The normalized spacial score (nSPS) is 10.7. The van der Waals surface area contributed by atoms with Gasteiger partial charge >= 0.3 is 0 Å². The first kappa shape index (κ1) is 8.53. The minimum atomic E-state index is -3.89. The molecule has 0 saturated heterocycles.